The summed E-state index contributed by atoms with van der Waals surface area (Å²) in [6.45, 7) is 4.19. The van der Waals surface area contributed by atoms with Crippen molar-refractivity contribution in [3.05, 3.63) is 98.6 Å². The highest BCUT2D eigenvalue weighted by atomic mass is 35.5. The summed E-state index contributed by atoms with van der Waals surface area (Å²) in [5, 5.41) is 0.814. The Morgan fingerprint density at radius 3 is 2.57 bits per heavy atom. The quantitative estimate of drug-likeness (QED) is 0.443. The second-order valence-corrected chi connectivity index (χ2v) is 7.70. The molecule has 0 bridgehead atoms. The number of aromatic nitrogens is 3. The zero-order valence-electron chi connectivity index (χ0n) is 16.5. The van der Waals surface area contributed by atoms with Gasteiger partial charge in [0.1, 0.15) is 5.82 Å². The first-order valence-corrected chi connectivity index (χ1v) is 9.80. The topological polar surface area (TPSA) is 56.9 Å². The Morgan fingerprint density at radius 2 is 1.83 bits per heavy atom. The molecule has 0 aliphatic carbocycles. The number of Topliss-reactive ketones (excluding diaryl/α,β-unsaturated/α-hetero) is 1. The monoisotopic (exact) mass is 423 g/mol. The fraction of sp³-hybridized carbons (Fsp3) is 0.174. The van der Waals surface area contributed by atoms with Gasteiger partial charge in [-0.2, -0.15) is 0 Å². The number of rotatable bonds is 5. The van der Waals surface area contributed by atoms with E-state index >= 15 is 0 Å². The van der Waals surface area contributed by atoms with Crippen LogP contribution in [0.25, 0.3) is 10.9 Å². The lowest BCUT2D eigenvalue weighted by molar-refractivity contribution is 0.0970. The Bertz CT molecular complexity index is 1320. The lowest BCUT2D eigenvalue weighted by atomic mass is 10.1. The molecule has 0 aliphatic heterocycles. The van der Waals surface area contributed by atoms with Crippen molar-refractivity contribution in [3.8, 4) is 0 Å². The molecule has 2 heterocycles. The summed E-state index contributed by atoms with van der Waals surface area (Å²) in [5.74, 6) is -0.468. The summed E-state index contributed by atoms with van der Waals surface area (Å²) in [6.07, 6.45) is 1.38. The minimum atomic E-state index is -0.309. The van der Waals surface area contributed by atoms with E-state index in [0.29, 0.717) is 28.0 Å². The smallest absolute Gasteiger partial charge is 0.261 e. The maximum Gasteiger partial charge on any atom is 0.261 e. The molecular formula is C23H19ClFN3O2. The normalized spacial score (nSPS) is 11.2. The van der Waals surface area contributed by atoms with Crippen LogP contribution in [-0.2, 0) is 13.1 Å². The second kappa shape index (κ2) is 7.88. The molecule has 0 N–H and O–H groups in total. The van der Waals surface area contributed by atoms with Crippen molar-refractivity contribution in [2.45, 2.75) is 26.9 Å². The number of hydrogen-bond acceptors (Lipinski definition) is 3. The first-order chi connectivity index (χ1) is 14.3. The molecule has 30 heavy (non-hydrogen) atoms. The van der Waals surface area contributed by atoms with Crippen LogP contribution in [-0.4, -0.2) is 19.9 Å². The van der Waals surface area contributed by atoms with Gasteiger partial charge in [0.2, 0.25) is 0 Å². The predicted molar refractivity (Wildman–Crippen MR) is 115 cm³/mol. The molecule has 4 aromatic rings. The van der Waals surface area contributed by atoms with E-state index in [1.807, 2.05) is 24.5 Å². The summed E-state index contributed by atoms with van der Waals surface area (Å²) < 4.78 is 16.5. The molecule has 0 aliphatic rings. The largest absolute Gasteiger partial charge is 0.344 e. The molecule has 0 saturated heterocycles. The van der Waals surface area contributed by atoms with Crippen molar-refractivity contribution in [1.82, 2.24) is 14.1 Å². The van der Waals surface area contributed by atoms with Crippen LogP contribution in [0.15, 0.2) is 59.7 Å². The van der Waals surface area contributed by atoms with Crippen molar-refractivity contribution in [2.75, 3.05) is 0 Å². The molecule has 2 aromatic carbocycles. The average Bonchev–Trinajstić information content (AvgIpc) is 3.00. The Balaban J connectivity index is 1.63. The van der Waals surface area contributed by atoms with Gasteiger partial charge in [0.25, 0.3) is 5.56 Å². The van der Waals surface area contributed by atoms with E-state index in [2.05, 4.69) is 4.98 Å². The molecule has 4 rings (SSSR count). The molecule has 0 radical (unpaired) electrons. The molecule has 0 fully saturated rings. The van der Waals surface area contributed by atoms with Crippen LogP contribution in [0.3, 0.4) is 0 Å². The van der Waals surface area contributed by atoms with Crippen LogP contribution in [0.5, 0.6) is 0 Å². The zero-order valence-corrected chi connectivity index (χ0v) is 17.3. The number of carbonyl (C=O) groups is 1. The molecule has 7 heteroatoms. The van der Waals surface area contributed by atoms with Gasteiger partial charge in [-0.15, -0.1) is 0 Å². The van der Waals surface area contributed by atoms with E-state index in [4.69, 9.17) is 11.6 Å². The first kappa shape index (κ1) is 20.0. The molecule has 2 aromatic heterocycles. The Morgan fingerprint density at radius 1 is 1.10 bits per heavy atom. The van der Waals surface area contributed by atoms with Gasteiger partial charge in [-0.25, -0.2) is 9.37 Å². The van der Waals surface area contributed by atoms with Crippen molar-refractivity contribution in [3.63, 3.8) is 0 Å². The van der Waals surface area contributed by atoms with E-state index in [1.165, 1.54) is 23.0 Å². The van der Waals surface area contributed by atoms with Crippen molar-refractivity contribution < 1.29 is 9.18 Å². The van der Waals surface area contributed by atoms with Gasteiger partial charge in [-0.05, 0) is 55.8 Å². The number of benzene rings is 2. The highest BCUT2D eigenvalue weighted by Crippen LogP contribution is 2.19. The highest BCUT2D eigenvalue weighted by Gasteiger charge is 2.17. The lowest BCUT2D eigenvalue weighted by Gasteiger charge is -2.10. The molecule has 0 unspecified atom stereocenters. The predicted octanol–water partition coefficient (Wildman–Crippen LogP) is 4.54. The van der Waals surface area contributed by atoms with E-state index < -0.39 is 0 Å². The molecule has 0 atom stereocenters. The Kier molecular flexibility index (Phi) is 5.26. The number of nitrogens with zero attached hydrogens (tertiary/aromatic N) is 3. The SMILES string of the molecule is Cc1cc(C(=O)Cn2cnc3ccc(Cl)cc3c2=O)c(C)n1Cc1ccc(F)cc1. The standard InChI is InChI=1S/C23H19ClFN3O2/c1-14-9-19(15(2)28(14)11-16-3-6-18(25)7-4-16)22(29)12-27-13-26-21-8-5-17(24)10-20(21)23(27)30/h3-10,13H,11-12H2,1-2H3. The van der Waals surface area contributed by atoms with Gasteiger partial charge < -0.3 is 4.57 Å². The lowest BCUT2D eigenvalue weighted by Crippen LogP contribution is -2.25. The second-order valence-electron chi connectivity index (χ2n) is 7.26. The molecule has 0 amide bonds. The van der Waals surface area contributed by atoms with Crippen LogP contribution in [0.2, 0.25) is 5.02 Å². The van der Waals surface area contributed by atoms with Gasteiger partial charge in [0.05, 0.1) is 23.8 Å². The van der Waals surface area contributed by atoms with Crippen molar-refractivity contribution in [2.24, 2.45) is 0 Å². The zero-order chi connectivity index (χ0) is 21.4. The maximum atomic E-state index is 13.2. The first-order valence-electron chi connectivity index (χ1n) is 9.42. The summed E-state index contributed by atoms with van der Waals surface area (Å²) in [5.41, 5.74) is 3.42. The van der Waals surface area contributed by atoms with Crippen LogP contribution in [0, 0.1) is 19.7 Å². The van der Waals surface area contributed by atoms with Gasteiger partial charge >= 0.3 is 0 Å². The summed E-state index contributed by atoms with van der Waals surface area (Å²) in [7, 11) is 0. The van der Waals surface area contributed by atoms with Crippen molar-refractivity contribution >= 4 is 28.3 Å². The third-order valence-corrected chi connectivity index (χ3v) is 5.46. The van der Waals surface area contributed by atoms with E-state index in [9.17, 15) is 14.0 Å². The maximum absolute atomic E-state index is 13.2. The number of ketones is 1. The summed E-state index contributed by atoms with van der Waals surface area (Å²) >= 11 is 5.99. The third kappa shape index (κ3) is 3.78. The number of aryl methyl sites for hydroxylation is 1. The van der Waals surface area contributed by atoms with Crippen LogP contribution in [0.1, 0.15) is 27.3 Å². The minimum absolute atomic E-state index is 0.116. The fourth-order valence-corrected chi connectivity index (χ4v) is 3.75. The number of hydrogen-bond donors (Lipinski definition) is 0. The van der Waals surface area contributed by atoms with Gasteiger partial charge in [0.15, 0.2) is 5.78 Å². The van der Waals surface area contributed by atoms with E-state index in [1.54, 1.807) is 30.3 Å². The van der Waals surface area contributed by atoms with E-state index in [0.717, 1.165) is 17.0 Å². The van der Waals surface area contributed by atoms with Gasteiger partial charge in [-0.1, -0.05) is 23.7 Å². The summed E-state index contributed by atoms with van der Waals surface area (Å²) in [4.78, 5) is 30.0. The Labute approximate surface area is 177 Å². The summed E-state index contributed by atoms with van der Waals surface area (Å²) in [6, 6.07) is 13.0. The number of carbonyl (C=O) groups excluding carboxylic acids is 1. The molecule has 5 nitrogen and oxygen atoms in total. The molecule has 152 valence electrons. The molecule has 0 spiro atoms. The van der Waals surface area contributed by atoms with Gasteiger partial charge in [0, 0.05) is 28.5 Å². The van der Waals surface area contributed by atoms with Crippen LogP contribution >= 0.6 is 11.6 Å². The molecule has 0 saturated carbocycles. The Hall–Kier alpha value is -3.25. The van der Waals surface area contributed by atoms with Crippen LogP contribution in [0.4, 0.5) is 4.39 Å². The van der Waals surface area contributed by atoms with Crippen LogP contribution < -0.4 is 5.56 Å². The van der Waals surface area contributed by atoms with E-state index in [-0.39, 0.29) is 23.7 Å². The number of halogens is 2. The third-order valence-electron chi connectivity index (χ3n) is 5.23. The van der Waals surface area contributed by atoms with Crippen molar-refractivity contribution in [1.29, 1.82) is 0 Å². The molecular weight excluding hydrogens is 405 g/mol. The number of fused-ring (bicyclic) bond motifs is 1. The minimum Gasteiger partial charge on any atom is -0.344 e. The fourth-order valence-electron chi connectivity index (χ4n) is 3.58. The highest BCUT2D eigenvalue weighted by molar-refractivity contribution is 6.31. The average molecular weight is 424 g/mol. The van der Waals surface area contributed by atoms with Gasteiger partial charge in [-0.3, -0.25) is 14.2 Å².